The molecule has 56 valence electrons. The van der Waals surface area contributed by atoms with E-state index < -0.39 is 0 Å². The van der Waals surface area contributed by atoms with Crippen LogP contribution in [0.25, 0.3) is 5.52 Å². The van der Waals surface area contributed by atoms with Crippen LogP contribution in [-0.4, -0.2) is 14.6 Å². The van der Waals surface area contributed by atoms with E-state index in [1.165, 1.54) is 16.9 Å². The Bertz CT molecular complexity index is 444. The second-order valence-electron chi connectivity index (χ2n) is 2.07. The third-order valence-corrected chi connectivity index (χ3v) is 1.67. The molecule has 0 atom stereocenters. The molecule has 2 aromatic heterocycles. The maximum Gasteiger partial charge on any atom is 0.275 e. The second-order valence-corrected chi connectivity index (χ2v) is 2.48. The molecule has 0 fully saturated rings. The van der Waals surface area contributed by atoms with Gasteiger partial charge < -0.3 is 4.98 Å². The van der Waals surface area contributed by atoms with Gasteiger partial charge in [0.05, 0.1) is 11.2 Å². The molecule has 2 aromatic rings. The van der Waals surface area contributed by atoms with Gasteiger partial charge in [0.15, 0.2) is 0 Å². The SMILES string of the molecule is O=c1[nH]ccn2ncc(Cl)c12. The van der Waals surface area contributed by atoms with Gasteiger partial charge >= 0.3 is 0 Å². The summed E-state index contributed by atoms with van der Waals surface area (Å²) in [6, 6.07) is 0. The summed E-state index contributed by atoms with van der Waals surface area (Å²) in [7, 11) is 0. The molecule has 0 saturated heterocycles. The number of rotatable bonds is 0. The number of hydrogen-bond acceptors (Lipinski definition) is 2. The molecule has 0 aromatic carbocycles. The molecule has 4 nitrogen and oxygen atoms in total. The fourth-order valence-electron chi connectivity index (χ4n) is 0.919. The summed E-state index contributed by atoms with van der Waals surface area (Å²) in [5.74, 6) is 0. The minimum absolute atomic E-state index is 0.227. The van der Waals surface area contributed by atoms with Crippen LogP contribution in [0, 0.1) is 0 Å². The van der Waals surface area contributed by atoms with Gasteiger partial charge in [0.25, 0.3) is 5.56 Å². The van der Waals surface area contributed by atoms with Crippen molar-refractivity contribution >= 4 is 17.1 Å². The summed E-state index contributed by atoms with van der Waals surface area (Å²) >= 11 is 5.67. The van der Waals surface area contributed by atoms with Crippen LogP contribution in [0.1, 0.15) is 0 Å². The summed E-state index contributed by atoms with van der Waals surface area (Å²) in [6.07, 6.45) is 4.58. The zero-order valence-electron chi connectivity index (χ0n) is 5.41. The van der Waals surface area contributed by atoms with Crippen LogP contribution in [0.2, 0.25) is 5.02 Å². The lowest BCUT2D eigenvalue weighted by Crippen LogP contribution is -2.07. The minimum atomic E-state index is -0.227. The minimum Gasteiger partial charge on any atom is -0.326 e. The lowest BCUT2D eigenvalue weighted by atomic mass is 10.5. The fourth-order valence-corrected chi connectivity index (χ4v) is 1.13. The number of aromatic nitrogens is 3. The molecule has 0 bridgehead atoms. The van der Waals surface area contributed by atoms with E-state index in [1.54, 1.807) is 6.20 Å². The predicted octanol–water partition coefficient (Wildman–Crippen LogP) is 0.676. The van der Waals surface area contributed by atoms with E-state index in [1.807, 2.05) is 0 Å². The van der Waals surface area contributed by atoms with Crippen LogP contribution in [0.4, 0.5) is 0 Å². The summed E-state index contributed by atoms with van der Waals surface area (Å²) in [5.41, 5.74) is 0.157. The predicted molar refractivity (Wildman–Crippen MR) is 40.8 cm³/mol. The van der Waals surface area contributed by atoms with Crippen molar-refractivity contribution in [1.82, 2.24) is 14.6 Å². The first-order valence-corrected chi connectivity index (χ1v) is 3.37. The van der Waals surface area contributed by atoms with Gasteiger partial charge in [-0.3, -0.25) is 4.79 Å². The highest BCUT2D eigenvalue weighted by Gasteiger charge is 2.03. The monoisotopic (exact) mass is 169 g/mol. The van der Waals surface area contributed by atoms with E-state index in [2.05, 4.69) is 10.1 Å². The number of nitrogens with one attached hydrogen (secondary N) is 1. The molecule has 0 unspecified atom stereocenters. The smallest absolute Gasteiger partial charge is 0.275 e. The van der Waals surface area contributed by atoms with Crippen LogP contribution in [0.15, 0.2) is 23.4 Å². The van der Waals surface area contributed by atoms with Crippen LogP contribution in [0.3, 0.4) is 0 Å². The third kappa shape index (κ3) is 0.832. The van der Waals surface area contributed by atoms with Gasteiger partial charge in [-0.25, -0.2) is 4.52 Å². The van der Waals surface area contributed by atoms with E-state index in [0.29, 0.717) is 10.5 Å². The highest BCUT2D eigenvalue weighted by atomic mass is 35.5. The number of fused-ring (bicyclic) bond motifs is 1. The lowest BCUT2D eigenvalue weighted by Gasteiger charge is -1.88. The van der Waals surface area contributed by atoms with Crippen LogP contribution >= 0.6 is 11.6 Å². The van der Waals surface area contributed by atoms with Gasteiger partial charge in [-0.15, -0.1) is 0 Å². The molecule has 0 aliphatic rings. The Hall–Kier alpha value is -1.29. The van der Waals surface area contributed by atoms with Crippen molar-refractivity contribution in [3.05, 3.63) is 34.0 Å². The highest BCUT2D eigenvalue weighted by Crippen LogP contribution is 2.10. The van der Waals surface area contributed by atoms with Gasteiger partial charge in [-0.05, 0) is 0 Å². The van der Waals surface area contributed by atoms with E-state index in [9.17, 15) is 4.79 Å². The summed E-state index contributed by atoms with van der Waals surface area (Å²) < 4.78 is 1.43. The third-order valence-electron chi connectivity index (χ3n) is 1.40. The molecular formula is C6H4ClN3O. The first-order chi connectivity index (χ1) is 5.29. The molecule has 11 heavy (non-hydrogen) atoms. The molecule has 0 radical (unpaired) electrons. The molecule has 2 heterocycles. The average Bonchev–Trinajstić information content (AvgIpc) is 2.34. The lowest BCUT2D eigenvalue weighted by molar-refractivity contribution is 0.936. The molecule has 0 spiro atoms. The van der Waals surface area contributed by atoms with Gasteiger partial charge in [-0.2, -0.15) is 5.10 Å². The zero-order chi connectivity index (χ0) is 7.84. The van der Waals surface area contributed by atoms with Crippen molar-refractivity contribution < 1.29 is 0 Å². The molecule has 0 amide bonds. The van der Waals surface area contributed by atoms with Crippen molar-refractivity contribution in [2.45, 2.75) is 0 Å². The second kappa shape index (κ2) is 2.10. The standard InChI is InChI=1S/C6H4ClN3O/c7-4-3-9-10-2-1-8-6(11)5(4)10/h1-3H,(H,8,11). The van der Waals surface area contributed by atoms with Crippen LogP contribution in [0.5, 0.6) is 0 Å². The van der Waals surface area contributed by atoms with Crippen molar-refractivity contribution in [2.24, 2.45) is 0 Å². The summed E-state index contributed by atoms with van der Waals surface area (Å²) in [5, 5.41) is 4.21. The van der Waals surface area contributed by atoms with Crippen molar-refractivity contribution in [1.29, 1.82) is 0 Å². The van der Waals surface area contributed by atoms with E-state index in [-0.39, 0.29) is 5.56 Å². The van der Waals surface area contributed by atoms with E-state index in [0.717, 1.165) is 0 Å². The zero-order valence-corrected chi connectivity index (χ0v) is 6.17. The first-order valence-electron chi connectivity index (χ1n) is 2.99. The summed E-state index contributed by atoms with van der Waals surface area (Å²) in [6.45, 7) is 0. The number of halogens is 1. The van der Waals surface area contributed by atoms with Crippen molar-refractivity contribution in [3.63, 3.8) is 0 Å². The molecule has 2 rings (SSSR count). The Morgan fingerprint density at radius 2 is 2.45 bits per heavy atom. The van der Waals surface area contributed by atoms with Gasteiger partial charge in [0, 0.05) is 12.4 Å². The highest BCUT2D eigenvalue weighted by molar-refractivity contribution is 6.33. The molecule has 0 saturated carbocycles. The van der Waals surface area contributed by atoms with Crippen LogP contribution in [-0.2, 0) is 0 Å². The fraction of sp³-hybridized carbons (Fsp3) is 0. The molecule has 0 aliphatic heterocycles. The Balaban J connectivity index is 3.08. The molecule has 5 heteroatoms. The van der Waals surface area contributed by atoms with Crippen LogP contribution < -0.4 is 5.56 Å². The first kappa shape index (κ1) is 6.42. The van der Waals surface area contributed by atoms with Gasteiger partial charge in [-0.1, -0.05) is 11.6 Å². The Kier molecular flexibility index (Phi) is 1.22. The van der Waals surface area contributed by atoms with E-state index in [4.69, 9.17) is 11.6 Å². The topological polar surface area (TPSA) is 50.2 Å². The van der Waals surface area contributed by atoms with Gasteiger partial charge in [0.1, 0.15) is 5.52 Å². The molecule has 1 N–H and O–H groups in total. The number of hydrogen-bond donors (Lipinski definition) is 1. The number of H-pyrrole nitrogens is 1. The normalized spacial score (nSPS) is 10.6. The Labute approximate surface area is 66.4 Å². The van der Waals surface area contributed by atoms with Crippen molar-refractivity contribution in [2.75, 3.05) is 0 Å². The quantitative estimate of drug-likeness (QED) is 0.631. The maximum atomic E-state index is 11.1. The van der Waals surface area contributed by atoms with Gasteiger partial charge in [0.2, 0.25) is 0 Å². The molecular weight excluding hydrogens is 166 g/mol. The Morgan fingerprint density at radius 3 is 3.18 bits per heavy atom. The van der Waals surface area contributed by atoms with E-state index >= 15 is 0 Å². The molecule has 0 aliphatic carbocycles. The average molecular weight is 170 g/mol. The maximum absolute atomic E-state index is 11.1. The summed E-state index contributed by atoms with van der Waals surface area (Å²) in [4.78, 5) is 13.6. The number of aromatic amines is 1. The van der Waals surface area contributed by atoms with Crippen molar-refractivity contribution in [3.8, 4) is 0 Å². The Morgan fingerprint density at radius 1 is 1.64 bits per heavy atom. The number of nitrogens with zero attached hydrogens (tertiary/aromatic N) is 2. The largest absolute Gasteiger partial charge is 0.326 e.